The Balaban J connectivity index is 2.13. The van der Waals surface area contributed by atoms with Gasteiger partial charge in [0.2, 0.25) is 0 Å². The molecule has 1 heteroatoms. The van der Waals surface area contributed by atoms with E-state index in [2.05, 4.69) is 66.9 Å². The summed E-state index contributed by atoms with van der Waals surface area (Å²) in [7, 11) is -0.257. The van der Waals surface area contributed by atoms with E-state index in [1.54, 1.807) is 0 Å². The maximum atomic E-state index is 2.43. The van der Waals surface area contributed by atoms with E-state index in [4.69, 9.17) is 0 Å². The molecule has 2 aromatic carbocycles. The van der Waals surface area contributed by atoms with Crippen LogP contribution in [0.2, 0.25) is 0 Å². The first-order valence-electron chi connectivity index (χ1n) is 5.48. The molecule has 16 heavy (non-hydrogen) atoms. The average molecular weight is 226 g/mol. The van der Waals surface area contributed by atoms with Crippen molar-refractivity contribution in [3.8, 4) is 0 Å². The summed E-state index contributed by atoms with van der Waals surface area (Å²) >= 11 is 0. The molecular formula is C15H14S. The molecule has 1 aliphatic rings. The molecule has 1 atom stereocenters. The van der Waals surface area contributed by atoms with Gasteiger partial charge in [0.15, 0.2) is 0 Å². The highest BCUT2D eigenvalue weighted by Crippen LogP contribution is 2.54. The van der Waals surface area contributed by atoms with Gasteiger partial charge in [-0.05, 0) is 46.6 Å². The quantitative estimate of drug-likeness (QED) is 0.681. The molecule has 0 aliphatic carbocycles. The molecule has 0 N–H and O–H groups in total. The van der Waals surface area contributed by atoms with Crippen molar-refractivity contribution in [1.82, 2.24) is 0 Å². The van der Waals surface area contributed by atoms with Crippen LogP contribution in [0.5, 0.6) is 0 Å². The zero-order valence-corrected chi connectivity index (χ0v) is 10.1. The van der Waals surface area contributed by atoms with E-state index in [0.29, 0.717) is 0 Å². The maximum Gasteiger partial charge on any atom is 0.00255 e. The summed E-state index contributed by atoms with van der Waals surface area (Å²) in [6, 6.07) is 19.6. The van der Waals surface area contributed by atoms with E-state index >= 15 is 0 Å². The van der Waals surface area contributed by atoms with Crippen molar-refractivity contribution in [2.75, 3.05) is 0 Å². The molecule has 1 heterocycles. The lowest BCUT2D eigenvalue weighted by Crippen LogP contribution is -1.81. The molecule has 0 bridgehead atoms. The van der Waals surface area contributed by atoms with Gasteiger partial charge in [-0.2, -0.15) is 10.9 Å². The van der Waals surface area contributed by atoms with Crippen LogP contribution < -0.4 is 0 Å². The monoisotopic (exact) mass is 226 g/mol. The predicted molar refractivity (Wildman–Crippen MR) is 72.1 cm³/mol. The van der Waals surface area contributed by atoms with Crippen LogP contribution in [0.4, 0.5) is 0 Å². The topological polar surface area (TPSA) is 0 Å². The lowest BCUT2D eigenvalue weighted by molar-refractivity contribution is 1.37. The molecule has 1 aliphatic heterocycles. The Morgan fingerprint density at radius 1 is 0.812 bits per heavy atom. The van der Waals surface area contributed by atoms with Gasteiger partial charge in [0.1, 0.15) is 0 Å². The fourth-order valence-corrected chi connectivity index (χ4v) is 4.50. The minimum Gasteiger partial charge on any atom is -0.179 e. The molecule has 3 rings (SSSR count). The Kier molecular flexibility index (Phi) is 2.33. The third-order valence-electron chi connectivity index (χ3n) is 2.95. The van der Waals surface area contributed by atoms with E-state index in [0.717, 1.165) is 0 Å². The second-order valence-corrected chi connectivity index (χ2v) is 6.03. The van der Waals surface area contributed by atoms with Crippen LogP contribution in [0.3, 0.4) is 0 Å². The van der Waals surface area contributed by atoms with Gasteiger partial charge in [0.25, 0.3) is 0 Å². The summed E-state index contributed by atoms with van der Waals surface area (Å²) in [6.07, 6.45) is 0. The molecule has 80 valence electrons. The van der Waals surface area contributed by atoms with Crippen molar-refractivity contribution in [1.29, 1.82) is 0 Å². The molecule has 0 spiro atoms. The van der Waals surface area contributed by atoms with Gasteiger partial charge < -0.3 is 0 Å². The zero-order valence-electron chi connectivity index (χ0n) is 9.22. The molecule has 0 saturated carbocycles. The van der Waals surface area contributed by atoms with E-state index in [1.165, 1.54) is 20.9 Å². The van der Waals surface area contributed by atoms with Gasteiger partial charge in [0, 0.05) is 4.90 Å². The number of thiol groups is 1. The Labute approximate surface area is 99.0 Å². The van der Waals surface area contributed by atoms with Crippen LogP contribution in [-0.2, 0) is 0 Å². The van der Waals surface area contributed by atoms with Crippen molar-refractivity contribution >= 4 is 16.5 Å². The highest BCUT2D eigenvalue weighted by atomic mass is 32.2. The maximum absolute atomic E-state index is 2.43. The molecule has 0 amide bonds. The lowest BCUT2D eigenvalue weighted by atomic mass is 10.1. The Hall–Kier alpha value is -1.47. The molecule has 0 radical (unpaired) electrons. The Morgan fingerprint density at radius 2 is 1.50 bits per heavy atom. The number of fused-ring (bicyclic) bond motifs is 1. The highest BCUT2D eigenvalue weighted by Gasteiger charge is 2.18. The van der Waals surface area contributed by atoms with Crippen LogP contribution in [0, 0.1) is 0 Å². The number of benzene rings is 2. The second-order valence-electron chi connectivity index (χ2n) is 4.03. The van der Waals surface area contributed by atoms with Gasteiger partial charge >= 0.3 is 0 Å². The molecule has 0 fully saturated rings. The zero-order chi connectivity index (χ0) is 11.0. The summed E-state index contributed by atoms with van der Waals surface area (Å²) in [4.78, 5) is 2.95. The summed E-state index contributed by atoms with van der Waals surface area (Å²) in [5.41, 5.74) is 2.85. The molecule has 0 saturated heterocycles. The first-order chi connectivity index (χ1) is 7.86. The number of allylic oxidation sites excluding steroid dienone is 1. The molecule has 1 unspecified atom stereocenters. The third kappa shape index (κ3) is 1.48. The van der Waals surface area contributed by atoms with Crippen molar-refractivity contribution in [3.05, 3.63) is 65.6 Å². The van der Waals surface area contributed by atoms with Crippen molar-refractivity contribution < 1.29 is 0 Å². The largest absolute Gasteiger partial charge is 0.179 e. The van der Waals surface area contributed by atoms with Crippen LogP contribution >= 0.6 is 10.9 Å². The first kappa shape index (κ1) is 9.73. The summed E-state index contributed by atoms with van der Waals surface area (Å²) < 4.78 is 0. The van der Waals surface area contributed by atoms with E-state index in [1.807, 2.05) is 0 Å². The van der Waals surface area contributed by atoms with E-state index < -0.39 is 0 Å². The predicted octanol–water partition coefficient (Wildman–Crippen LogP) is 4.48. The number of rotatable bonds is 1. The van der Waals surface area contributed by atoms with Crippen LogP contribution in [0.1, 0.15) is 12.5 Å². The minimum atomic E-state index is -0.257. The van der Waals surface area contributed by atoms with Gasteiger partial charge in [-0.3, -0.25) is 0 Å². The van der Waals surface area contributed by atoms with E-state index in [9.17, 15) is 0 Å². The summed E-state index contributed by atoms with van der Waals surface area (Å²) in [5, 5.41) is 2.43. The Bertz CT molecular complexity index is 540. The van der Waals surface area contributed by atoms with Crippen LogP contribution in [0.25, 0.3) is 5.57 Å². The van der Waals surface area contributed by atoms with Crippen LogP contribution in [-0.4, -0.2) is 0 Å². The molecular weight excluding hydrogens is 212 g/mol. The lowest BCUT2D eigenvalue weighted by Gasteiger charge is -2.15. The second kappa shape index (κ2) is 3.84. The van der Waals surface area contributed by atoms with Crippen molar-refractivity contribution in [2.24, 2.45) is 0 Å². The summed E-state index contributed by atoms with van der Waals surface area (Å²) in [5.74, 6) is 0. The fourth-order valence-electron chi connectivity index (χ4n) is 2.15. The van der Waals surface area contributed by atoms with Gasteiger partial charge in [0.05, 0.1) is 0 Å². The molecule has 2 aromatic rings. The first-order valence-corrected chi connectivity index (χ1v) is 6.89. The SMILES string of the molecule is CC1=C[SH](c2ccccc2)c2ccccc21. The van der Waals surface area contributed by atoms with Gasteiger partial charge in [-0.25, -0.2) is 0 Å². The highest BCUT2D eigenvalue weighted by molar-refractivity contribution is 8.20. The summed E-state index contributed by atoms with van der Waals surface area (Å²) in [6.45, 7) is 2.21. The third-order valence-corrected chi connectivity index (χ3v) is 5.35. The standard InChI is InChI=1S/C15H14S/c1-12-11-16(13-7-3-2-4-8-13)15-10-6-5-9-14(12)15/h2-11,16H,1H3. The molecule has 0 aromatic heterocycles. The van der Waals surface area contributed by atoms with Gasteiger partial charge in [-0.15, -0.1) is 0 Å². The minimum absolute atomic E-state index is 0.257. The van der Waals surface area contributed by atoms with Crippen molar-refractivity contribution in [2.45, 2.75) is 16.7 Å². The van der Waals surface area contributed by atoms with Crippen LogP contribution in [0.15, 0.2) is 69.8 Å². The van der Waals surface area contributed by atoms with Crippen molar-refractivity contribution in [3.63, 3.8) is 0 Å². The Morgan fingerprint density at radius 3 is 2.31 bits per heavy atom. The van der Waals surface area contributed by atoms with Gasteiger partial charge in [-0.1, -0.05) is 36.4 Å². The number of hydrogen-bond acceptors (Lipinski definition) is 0. The number of hydrogen-bond donors (Lipinski definition) is 1. The average Bonchev–Trinajstić information content (AvgIpc) is 2.69. The smallest absolute Gasteiger partial charge is 0.00255 e. The normalized spacial score (nSPS) is 20.3. The molecule has 0 nitrogen and oxygen atoms in total. The fraction of sp³-hybridized carbons (Fsp3) is 0.0667. The van der Waals surface area contributed by atoms with E-state index in [-0.39, 0.29) is 10.9 Å².